The van der Waals surface area contributed by atoms with Crippen molar-refractivity contribution in [2.45, 2.75) is 13.8 Å². The van der Waals surface area contributed by atoms with Gasteiger partial charge >= 0.3 is 0 Å². The summed E-state index contributed by atoms with van der Waals surface area (Å²) in [7, 11) is 0. The molecule has 0 saturated carbocycles. The Hall–Kier alpha value is -0.274. The van der Waals surface area contributed by atoms with Crippen molar-refractivity contribution in [2.75, 3.05) is 0 Å². The molecular weight excluding hydrogens is 155 g/mol. The fraction of sp³-hybridized carbons (Fsp3) is 0.250. The molecule has 0 bridgehead atoms. The molecule has 0 atom stereocenters. The van der Waals surface area contributed by atoms with Crippen LogP contribution in [0.15, 0.2) is 24.3 Å². The van der Waals surface area contributed by atoms with E-state index >= 15 is 0 Å². The molecule has 0 aliphatic rings. The van der Waals surface area contributed by atoms with E-state index < -0.39 is 0 Å². The van der Waals surface area contributed by atoms with E-state index in [0.717, 1.165) is 0 Å². The zero-order chi connectivity index (χ0) is 5.98. The second-order valence-electron chi connectivity index (χ2n) is 2.08. The van der Waals surface area contributed by atoms with E-state index in [2.05, 4.69) is 38.1 Å². The van der Waals surface area contributed by atoms with Crippen LogP contribution in [0, 0.1) is 13.8 Å². The summed E-state index contributed by atoms with van der Waals surface area (Å²) in [5, 5.41) is 0. The van der Waals surface area contributed by atoms with Gasteiger partial charge in [0.25, 0.3) is 0 Å². The van der Waals surface area contributed by atoms with Crippen LogP contribution in [0.5, 0.6) is 0 Å². The first kappa shape index (κ1) is 8.73. The molecule has 0 fully saturated rings. The van der Waals surface area contributed by atoms with Crippen molar-refractivity contribution < 1.29 is 16.8 Å². The monoisotopic (exact) mass is 165 g/mol. The van der Waals surface area contributed by atoms with Crippen molar-refractivity contribution >= 4 is 0 Å². The Bertz CT molecular complexity index is 161. The van der Waals surface area contributed by atoms with E-state index in [1.165, 1.54) is 11.1 Å². The maximum Gasteiger partial charge on any atom is 0 e. The van der Waals surface area contributed by atoms with Crippen molar-refractivity contribution in [3.63, 3.8) is 0 Å². The van der Waals surface area contributed by atoms with Gasteiger partial charge in [0.1, 0.15) is 0 Å². The molecule has 1 radical (unpaired) electrons. The van der Waals surface area contributed by atoms with Gasteiger partial charge in [0, 0.05) is 16.8 Å². The van der Waals surface area contributed by atoms with E-state index in [-0.39, 0.29) is 16.8 Å². The Kier molecular flexibility index (Phi) is 3.58. The van der Waals surface area contributed by atoms with Gasteiger partial charge in [-0.15, -0.1) is 0 Å². The molecule has 0 aliphatic heterocycles. The summed E-state index contributed by atoms with van der Waals surface area (Å²) in [6.45, 7) is 4.24. The van der Waals surface area contributed by atoms with Gasteiger partial charge in [0.05, 0.1) is 0 Å². The molecule has 1 aromatic carbocycles. The minimum absolute atomic E-state index is 0. The van der Waals surface area contributed by atoms with Gasteiger partial charge in [-0.3, -0.25) is 0 Å². The second-order valence-corrected chi connectivity index (χ2v) is 2.08. The molecule has 0 aromatic heterocycles. The topological polar surface area (TPSA) is 0 Å². The Morgan fingerprint density at radius 1 is 0.889 bits per heavy atom. The average Bonchev–Trinajstić information content (AvgIpc) is 1.77. The van der Waals surface area contributed by atoms with Gasteiger partial charge in [-0.2, -0.15) is 0 Å². The summed E-state index contributed by atoms with van der Waals surface area (Å²) in [4.78, 5) is 0. The molecule has 1 rings (SSSR count). The van der Waals surface area contributed by atoms with Crippen LogP contribution in [-0.4, -0.2) is 0 Å². The maximum atomic E-state index is 2.12. The summed E-state index contributed by atoms with van der Waals surface area (Å²) in [6.07, 6.45) is 0. The Balaban J connectivity index is 0.000000640. The Labute approximate surface area is 66.5 Å². The second kappa shape index (κ2) is 3.70. The fourth-order valence-electron chi connectivity index (χ4n) is 0.663. The third-order valence-corrected chi connectivity index (χ3v) is 1.43. The molecule has 1 heteroatoms. The van der Waals surface area contributed by atoms with Crippen LogP contribution in [-0.2, 0) is 16.8 Å². The first-order valence-electron chi connectivity index (χ1n) is 2.83. The molecular formula is C8H10Co. The van der Waals surface area contributed by atoms with Gasteiger partial charge in [-0.25, -0.2) is 0 Å². The molecule has 0 nitrogen and oxygen atoms in total. The van der Waals surface area contributed by atoms with Crippen molar-refractivity contribution in [2.24, 2.45) is 0 Å². The van der Waals surface area contributed by atoms with Crippen molar-refractivity contribution in [1.29, 1.82) is 0 Å². The zero-order valence-electron chi connectivity index (χ0n) is 5.64. The van der Waals surface area contributed by atoms with Crippen LogP contribution < -0.4 is 0 Å². The van der Waals surface area contributed by atoms with Gasteiger partial charge in [-0.05, 0) is 25.0 Å². The molecule has 0 N–H and O–H groups in total. The van der Waals surface area contributed by atoms with Crippen LogP contribution in [0.25, 0.3) is 0 Å². The summed E-state index contributed by atoms with van der Waals surface area (Å²) < 4.78 is 0. The van der Waals surface area contributed by atoms with Gasteiger partial charge in [0.15, 0.2) is 0 Å². The normalized spacial score (nSPS) is 8.22. The molecule has 1 aromatic rings. The number of benzene rings is 1. The van der Waals surface area contributed by atoms with Gasteiger partial charge < -0.3 is 0 Å². The van der Waals surface area contributed by atoms with Gasteiger partial charge in [-0.1, -0.05) is 24.3 Å². The number of rotatable bonds is 0. The number of hydrogen-bond donors (Lipinski definition) is 0. The third-order valence-electron chi connectivity index (χ3n) is 1.43. The summed E-state index contributed by atoms with van der Waals surface area (Å²) in [6, 6.07) is 8.36. The summed E-state index contributed by atoms with van der Waals surface area (Å²) in [5.41, 5.74) is 2.74. The van der Waals surface area contributed by atoms with Crippen LogP contribution >= 0.6 is 0 Å². The predicted octanol–water partition coefficient (Wildman–Crippen LogP) is 2.30. The van der Waals surface area contributed by atoms with Crippen LogP contribution in [0.1, 0.15) is 11.1 Å². The Morgan fingerprint density at radius 3 is 1.44 bits per heavy atom. The van der Waals surface area contributed by atoms with Crippen molar-refractivity contribution in [3.8, 4) is 0 Å². The molecule has 0 saturated heterocycles. The number of aryl methyl sites for hydroxylation is 2. The molecule has 0 aliphatic carbocycles. The van der Waals surface area contributed by atoms with Gasteiger partial charge in [0.2, 0.25) is 0 Å². The van der Waals surface area contributed by atoms with E-state index in [1.807, 2.05) is 0 Å². The zero-order valence-corrected chi connectivity index (χ0v) is 6.68. The average molecular weight is 165 g/mol. The number of hydrogen-bond acceptors (Lipinski definition) is 0. The minimum Gasteiger partial charge on any atom is -0.0620 e. The van der Waals surface area contributed by atoms with E-state index in [4.69, 9.17) is 0 Å². The molecule has 0 spiro atoms. The standard InChI is InChI=1S/C8H10.Co/c1-7-5-3-4-6-8(7)2;/h3-6H,1-2H3;. The maximum absolute atomic E-state index is 2.12. The third kappa shape index (κ3) is 2.20. The Morgan fingerprint density at radius 2 is 1.22 bits per heavy atom. The van der Waals surface area contributed by atoms with Crippen molar-refractivity contribution in [3.05, 3.63) is 35.4 Å². The molecule has 0 heterocycles. The minimum atomic E-state index is 0. The quantitative estimate of drug-likeness (QED) is 0.553. The van der Waals surface area contributed by atoms with Crippen molar-refractivity contribution in [1.82, 2.24) is 0 Å². The van der Waals surface area contributed by atoms with Crippen LogP contribution in [0.3, 0.4) is 0 Å². The molecule has 0 amide bonds. The fourth-order valence-corrected chi connectivity index (χ4v) is 0.663. The first-order valence-corrected chi connectivity index (χ1v) is 2.83. The first-order chi connectivity index (χ1) is 3.80. The smallest absolute Gasteiger partial charge is 0 e. The van der Waals surface area contributed by atoms with Crippen LogP contribution in [0.2, 0.25) is 0 Å². The van der Waals surface area contributed by atoms with E-state index in [9.17, 15) is 0 Å². The predicted molar refractivity (Wildman–Crippen MR) is 35.9 cm³/mol. The van der Waals surface area contributed by atoms with E-state index in [0.29, 0.717) is 0 Å². The SMILES string of the molecule is Cc1ccccc1C.[Co]. The molecule has 9 heavy (non-hydrogen) atoms. The largest absolute Gasteiger partial charge is 0.0620 e. The molecule has 51 valence electrons. The van der Waals surface area contributed by atoms with E-state index in [1.54, 1.807) is 0 Å². The molecule has 0 unspecified atom stereocenters. The summed E-state index contributed by atoms with van der Waals surface area (Å²) >= 11 is 0. The van der Waals surface area contributed by atoms with Crippen LogP contribution in [0.4, 0.5) is 0 Å². The summed E-state index contributed by atoms with van der Waals surface area (Å²) in [5.74, 6) is 0.